The highest BCUT2D eigenvalue weighted by Gasteiger charge is 2.23. The number of rotatable bonds is 39. The van der Waals surface area contributed by atoms with E-state index in [4.69, 9.17) is 33.2 Å². The van der Waals surface area contributed by atoms with E-state index >= 15 is 0 Å². The fourth-order valence-electron chi connectivity index (χ4n) is 6.62. The quantitative estimate of drug-likeness (QED) is 0.0191. The summed E-state index contributed by atoms with van der Waals surface area (Å²) in [4.78, 5) is 52.7. The predicted molar refractivity (Wildman–Crippen MR) is 241 cm³/mol. The summed E-state index contributed by atoms with van der Waals surface area (Å²) in [5.74, 6) is -1.52. The summed E-state index contributed by atoms with van der Waals surface area (Å²) in [5, 5.41) is 0. The average Bonchev–Trinajstić information content (AvgIpc) is 3.27. The third-order valence-electron chi connectivity index (χ3n) is 10.3. The molecule has 1 rings (SSSR count). The van der Waals surface area contributed by atoms with Crippen LogP contribution in [-0.4, -0.2) is 101 Å². The Morgan fingerprint density at radius 3 is 1.70 bits per heavy atom. The Bertz CT molecular complexity index is 1170. The molecule has 352 valence electrons. The lowest BCUT2D eigenvalue weighted by Crippen LogP contribution is -2.37. The number of ether oxygens (including phenoxy) is 7. The largest absolute Gasteiger partial charge is 0.508 e. The van der Waals surface area contributed by atoms with Gasteiger partial charge in [0.05, 0.1) is 25.6 Å². The van der Waals surface area contributed by atoms with Crippen LogP contribution >= 0.6 is 0 Å². The Balaban J connectivity index is 2.60. The smallest absolute Gasteiger partial charge is 0.466 e. The Labute approximate surface area is 369 Å². The van der Waals surface area contributed by atoms with Gasteiger partial charge in [-0.1, -0.05) is 77.0 Å². The molecule has 1 fully saturated rings. The molecule has 1 aliphatic rings. The number of nitrogens with zero attached hydrogens (tertiary/aromatic N) is 1. The second-order valence-corrected chi connectivity index (χ2v) is 16.0. The maximum Gasteiger partial charge on any atom is 0.508 e. The van der Waals surface area contributed by atoms with E-state index in [1.54, 1.807) is 0 Å². The monoisotopic (exact) mass is 864 g/mol. The number of likely N-dealkylation sites (tertiary alicyclic amines) is 1. The maximum absolute atomic E-state index is 13.0. The molecule has 0 saturated carbocycles. The van der Waals surface area contributed by atoms with Gasteiger partial charge in [0.2, 0.25) is 0 Å². The molecule has 61 heavy (non-hydrogen) atoms. The topological polar surface area (TPSA) is 136 Å². The average molecular weight is 864 g/mol. The zero-order valence-corrected chi connectivity index (χ0v) is 38.8. The molecule has 1 heterocycles. The minimum Gasteiger partial charge on any atom is -0.466 e. The molecule has 0 aromatic rings. The number of piperidine rings is 1. The second kappa shape index (κ2) is 40.8. The zero-order valence-electron chi connectivity index (χ0n) is 38.8. The van der Waals surface area contributed by atoms with E-state index < -0.39 is 30.3 Å². The Morgan fingerprint density at radius 1 is 0.574 bits per heavy atom. The SMILES string of the molecule is CC/C=C\CCCCOC(CCC(=O)OCC(COC(=O)CCCCC(=O)OCCC/C=C\CCCCC)COC(=O)OCC1CCCN(CC)C1)OCCCC/C=C\CC. The summed E-state index contributed by atoms with van der Waals surface area (Å²) in [6.45, 7) is 12.8. The maximum atomic E-state index is 13.0. The molecular formula is C49H85NO11. The van der Waals surface area contributed by atoms with Crippen molar-refractivity contribution in [3.63, 3.8) is 0 Å². The Morgan fingerprint density at radius 2 is 1.11 bits per heavy atom. The van der Waals surface area contributed by atoms with Crippen molar-refractivity contribution in [3.8, 4) is 0 Å². The molecule has 0 spiro atoms. The van der Waals surface area contributed by atoms with E-state index in [-0.39, 0.29) is 57.6 Å². The zero-order chi connectivity index (χ0) is 44.4. The lowest BCUT2D eigenvalue weighted by molar-refractivity contribution is -0.161. The first kappa shape index (κ1) is 55.8. The van der Waals surface area contributed by atoms with E-state index in [1.807, 2.05) is 0 Å². The molecule has 0 aromatic heterocycles. The van der Waals surface area contributed by atoms with Crippen molar-refractivity contribution < 1.29 is 52.3 Å². The van der Waals surface area contributed by atoms with Gasteiger partial charge >= 0.3 is 24.1 Å². The van der Waals surface area contributed by atoms with Gasteiger partial charge in [-0.05, 0) is 116 Å². The van der Waals surface area contributed by atoms with Crippen molar-refractivity contribution in [1.29, 1.82) is 0 Å². The molecule has 0 N–H and O–H groups in total. The van der Waals surface area contributed by atoms with Crippen molar-refractivity contribution in [2.45, 2.75) is 175 Å². The van der Waals surface area contributed by atoms with Crippen LogP contribution in [0, 0.1) is 11.8 Å². The number of unbranched alkanes of at least 4 members (excludes halogenated alkanes) is 9. The van der Waals surface area contributed by atoms with Crippen LogP contribution in [0.4, 0.5) is 4.79 Å². The van der Waals surface area contributed by atoms with Crippen molar-refractivity contribution in [1.82, 2.24) is 4.90 Å². The van der Waals surface area contributed by atoms with Gasteiger partial charge in [-0.2, -0.15) is 0 Å². The van der Waals surface area contributed by atoms with Crippen molar-refractivity contribution in [2.75, 3.05) is 65.9 Å². The van der Waals surface area contributed by atoms with Crippen LogP contribution in [0.1, 0.15) is 169 Å². The molecule has 12 heteroatoms. The summed E-state index contributed by atoms with van der Waals surface area (Å²) in [6.07, 6.45) is 29.8. The fraction of sp³-hybridized carbons (Fsp3) is 0.796. The van der Waals surface area contributed by atoms with Crippen LogP contribution in [0.5, 0.6) is 0 Å². The molecule has 0 aromatic carbocycles. The normalized spacial score (nSPS) is 15.2. The number of esters is 3. The van der Waals surface area contributed by atoms with Crippen molar-refractivity contribution in [3.05, 3.63) is 36.5 Å². The number of hydrogen-bond acceptors (Lipinski definition) is 12. The molecule has 12 nitrogen and oxygen atoms in total. The number of carbonyl (C=O) groups excluding carboxylic acids is 4. The van der Waals surface area contributed by atoms with E-state index in [0.29, 0.717) is 39.1 Å². The predicted octanol–water partition coefficient (Wildman–Crippen LogP) is 11.0. The fourth-order valence-corrected chi connectivity index (χ4v) is 6.62. The Hall–Kier alpha value is -3.22. The van der Waals surface area contributed by atoms with Gasteiger partial charge in [-0.3, -0.25) is 14.4 Å². The van der Waals surface area contributed by atoms with Gasteiger partial charge < -0.3 is 38.1 Å². The second-order valence-electron chi connectivity index (χ2n) is 16.0. The highest BCUT2D eigenvalue weighted by molar-refractivity contribution is 5.70. The minimum atomic E-state index is -0.804. The van der Waals surface area contributed by atoms with Crippen LogP contribution < -0.4 is 0 Å². The summed E-state index contributed by atoms with van der Waals surface area (Å²) in [6, 6.07) is 0. The summed E-state index contributed by atoms with van der Waals surface area (Å²) in [5.41, 5.74) is 0. The highest BCUT2D eigenvalue weighted by atomic mass is 16.7. The molecule has 2 atom stereocenters. The van der Waals surface area contributed by atoms with Gasteiger partial charge in [-0.15, -0.1) is 0 Å². The summed E-state index contributed by atoms with van der Waals surface area (Å²) in [7, 11) is 0. The van der Waals surface area contributed by atoms with E-state index in [2.05, 4.69) is 69.1 Å². The van der Waals surface area contributed by atoms with Crippen LogP contribution in [0.25, 0.3) is 0 Å². The summed E-state index contributed by atoms with van der Waals surface area (Å²) < 4.78 is 39.4. The van der Waals surface area contributed by atoms with Gasteiger partial charge in [0, 0.05) is 44.9 Å². The van der Waals surface area contributed by atoms with Gasteiger partial charge in [0.1, 0.15) is 19.8 Å². The lowest BCUT2D eigenvalue weighted by Gasteiger charge is -2.31. The van der Waals surface area contributed by atoms with E-state index in [9.17, 15) is 19.2 Å². The van der Waals surface area contributed by atoms with Gasteiger partial charge in [-0.25, -0.2) is 4.79 Å². The molecule has 0 aliphatic carbocycles. The van der Waals surface area contributed by atoms with Crippen LogP contribution in [-0.2, 0) is 47.5 Å². The summed E-state index contributed by atoms with van der Waals surface area (Å²) >= 11 is 0. The number of allylic oxidation sites excluding steroid dienone is 6. The van der Waals surface area contributed by atoms with Gasteiger partial charge in [0.25, 0.3) is 0 Å². The molecular weight excluding hydrogens is 779 g/mol. The van der Waals surface area contributed by atoms with Crippen molar-refractivity contribution in [2.24, 2.45) is 11.8 Å². The number of carbonyl (C=O) groups is 4. The third kappa shape index (κ3) is 35.0. The lowest BCUT2D eigenvalue weighted by atomic mass is 9.99. The van der Waals surface area contributed by atoms with Crippen LogP contribution in [0.3, 0.4) is 0 Å². The highest BCUT2D eigenvalue weighted by Crippen LogP contribution is 2.17. The first-order valence-electron chi connectivity index (χ1n) is 24.0. The molecule has 0 radical (unpaired) electrons. The molecule has 0 amide bonds. The molecule has 1 saturated heterocycles. The first-order valence-corrected chi connectivity index (χ1v) is 24.0. The number of hydrogen-bond donors (Lipinski definition) is 0. The molecule has 2 unspecified atom stereocenters. The third-order valence-corrected chi connectivity index (χ3v) is 10.3. The van der Waals surface area contributed by atoms with E-state index in [0.717, 1.165) is 103 Å². The van der Waals surface area contributed by atoms with Crippen molar-refractivity contribution >= 4 is 24.1 Å². The Kier molecular flexibility index (Phi) is 37.3. The van der Waals surface area contributed by atoms with E-state index in [1.165, 1.54) is 19.3 Å². The first-order chi connectivity index (χ1) is 29.8. The van der Waals surface area contributed by atoms with Gasteiger partial charge in [0.15, 0.2) is 6.29 Å². The van der Waals surface area contributed by atoms with Crippen LogP contribution in [0.2, 0.25) is 0 Å². The van der Waals surface area contributed by atoms with Crippen LogP contribution in [0.15, 0.2) is 36.5 Å². The standard InChI is InChI=1S/C49H85NO11/c1-5-9-12-15-18-19-22-25-35-55-45(51)30-23-24-31-46(52)58-40-44(42-61-49(54)60-39-43-29-28-34-50(8-4)38-43)41-59-47(53)32-33-48(56-36-26-20-16-13-10-6-2)57-37-27-21-17-14-11-7-3/h10-11,13-14,18-19,43-44,48H,5-9,12,15-17,20-42H2,1-4H3/b13-10-,14-11-,19-18-. The minimum absolute atomic E-state index is 0.0767. The molecule has 0 bridgehead atoms. The molecule has 1 aliphatic heterocycles.